The van der Waals surface area contributed by atoms with Gasteiger partial charge in [-0.2, -0.15) is 0 Å². The summed E-state index contributed by atoms with van der Waals surface area (Å²) in [5.41, 5.74) is 3.59. The van der Waals surface area contributed by atoms with Gasteiger partial charge in [0.25, 0.3) is 0 Å². The number of rotatable bonds is 2. The van der Waals surface area contributed by atoms with E-state index in [1.54, 1.807) is 7.11 Å². The molecule has 0 radical (unpaired) electrons. The summed E-state index contributed by atoms with van der Waals surface area (Å²) in [7, 11) is 1.71. The average molecular weight is 244 g/mol. The van der Waals surface area contributed by atoms with Gasteiger partial charge in [0.2, 0.25) is 0 Å². The second kappa shape index (κ2) is 4.73. The first-order chi connectivity index (χ1) is 8.78. The topological polar surface area (TPSA) is 34.1 Å². The monoisotopic (exact) mass is 244 g/mol. The predicted octanol–water partition coefficient (Wildman–Crippen LogP) is 2.55. The van der Waals surface area contributed by atoms with E-state index in [1.165, 1.54) is 30.4 Å². The molecule has 3 rings (SSSR count). The number of nitrogens with one attached hydrogen (secondary N) is 1. The molecule has 1 fully saturated rings. The van der Waals surface area contributed by atoms with E-state index in [9.17, 15) is 0 Å². The number of pyridine rings is 1. The maximum absolute atomic E-state index is 5.36. The fraction of sp³-hybridized carbons (Fsp3) is 0.533. The van der Waals surface area contributed by atoms with Crippen LogP contribution < -0.4 is 10.1 Å². The van der Waals surface area contributed by atoms with Crippen LogP contribution >= 0.6 is 0 Å². The smallest absolute Gasteiger partial charge is 0.140 e. The van der Waals surface area contributed by atoms with Crippen molar-refractivity contribution in [2.75, 3.05) is 13.7 Å². The Labute approximate surface area is 108 Å². The first kappa shape index (κ1) is 11.7. The lowest BCUT2D eigenvalue weighted by Gasteiger charge is -2.25. The molecule has 1 aliphatic carbocycles. The summed E-state index contributed by atoms with van der Waals surface area (Å²) >= 11 is 0. The molecule has 0 aromatic carbocycles. The van der Waals surface area contributed by atoms with Crippen molar-refractivity contribution in [3.8, 4) is 5.75 Å². The van der Waals surface area contributed by atoms with Crippen molar-refractivity contribution in [3.05, 3.63) is 29.6 Å². The van der Waals surface area contributed by atoms with E-state index in [0.29, 0.717) is 6.04 Å². The number of aromatic nitrogens is 1. The zero-order valence-electron chi connectivity index (χ0n) is 11.1. The first-order valence-corrected chi connectivity index (χ1v) is 6.73. The van der Waals surface area contributed by atoms with Crippen LogP contribution in [0.25, 0.3) is 5.57 Å². The predicted molar refractivity (Wildman–Crippen MR) is 72.6 cm³/mol. The number of fused-ring (bicyclic) bond motifs is 1. The number of nitrogens with zero attached hydrogens (tertiary/aromatic N) is 1. The van der Waals surface area contributed by atoms with Gasteiger partial charge in [-0.15, -0.1) is 0 Å². The van der Waals surface area contributed by atoms with Crippen molar-refractivity contribution >= 4 is 5.57 Å². The summed E-state index contributed by atoms with van der Waals surface area (Å²) in [6.45, 7) is 3.13. The van der Waals surface area contributed by atoms with Crippen LogP contribution in [0.2, 0.25) is 0 Å². The van der Waals surface area contributed by atoms with Gasteiger partial charge in [-0.1, -0.05) is 6.08 Å². The van der Waals surface area contributed by atoms with E-state index in [4.69, 9.17) is 4.74 Å². The van der Waals surface area contributed by atoms with Crippen LogP contribution in [0.4, 0.5) is 0 Å². The lowest BCUT2D eigenvalue weighted by atomic mass is 9.92. The largest absolute Gasteiger partial charge is 0.495 e. The lowest BCUT2D eigenvalue weighted by molar-refractivity contribution is 0.341. The van der Waals surface area contributed by atoms with E-state index in [0.717, 1.165) is 23.9 Å². The SMILES string of the molecule is COc1cc(C2=C[C@H]3NCCC[C@H]3C2)cnc1C. The van der Waals surface area contributed by atoms with Gasteiger partial charge < -0.3 is 10.1 Å². The third-order valence-electron chi connectivity index (χ3n) is 4.13. The summed E-state index contributed by atoms with van der Waals surface area (Å²) < 4.78 is 5.36. The molecular weight excluding hydrogens is 224 g/mol. The van der Waals surface area contributed by atoms with Gasteiger partial charge in [-0.3, -0.25) is 4.98 Å². The Morgan fingerprint density at radius 1 is 1.44 bits per heavy atom. The van der Waals surface area contributed by atoms with Crippen molar-refractivity contribution in [2.45, 2.75) is 32.2 Å². The molecule has 0 bridgehead atoms. The quantitative estimate of drug-likeness (QED) is 0.868. The number of ether oxygens (including phenoxy) is 1. The molecule has 0 unspecified atom stereocenters. The Bertz CT molecular complexity index is 481. The molecule has 1 aliphatic heterocycles. The maximum atomic E-state index is 5.36. The van der Waals surface area contributed by atoms with E-state index in [-0.39, 0.29) is 0 Å². The van der Waals surface area contributed by atoms with Crippen molar-refractivity contribution in [3.63, 3.8) is 0 Å². The third-order valence-corrected chi connectivity index (χ3v) is 4.13. The van der Waals surface area contributed by atoms with Gasteiger partial charge >= 0.3 is 0 Å². The van der Waals surface area contributed by atoms with Crippen molar-refractivity contribution in [2.24, 2.45) is 5.92 Å². The lowest BCUT2D eigenvalue weighted by Crippen LogP contribution is -2.37. The standard InChI is InChI=1S/C15H20N2O/c1-10-15(18-2)8-13(9-17-10)12-6-11-4-3-5-16-14(11)7-12/h7-9,11,14,16H,3-6H2,1-2H3/t11-,14+/m0/s1. The van der Waals surface area contributed by atoms with Gasteiger partial charge in [-0.25, -0.2) is 0 Å². The summed E-state index contributed by atoms with van der Waals surface area (Å²) in [6, 6.07) is 2.69. The Kier molecular flexibility index (Phi) is 3.08. The number of hydrogen-bond donors (Lipinski definition) is 1. The summed E-state index contributed by atoms with van der Waals surface area (Å²) in [5, 5.41) is 3.59. The van der Waals surface area contributed by atoms with Crippen molar-refractivity contribution < 1.29 is 4.74 Å². The van der Waals surface area contributed by atoms with Crippen LogP contribution in [0.1, 0.15) is 30.5 Å². The Balaban J connectivity index is 1.87. The highest BCUT2D eigenvalue weighted by Gasteiger charge is 2.30. The Morgan fingerprint density at radius 3 is 3.11 bits per heavy atom. The van der Waals surface area contributed by atoms with Crippen LogP contribution in [-0.2, 0) is 0 Å². The molecule has 0 spiro atoms. The molecule has 2 heterocycles. The molecule has 1 aromatic rings. The molecular formula is C15H20N2O. The fourth-order valence-electron chi connectivity index (χ4n) is 3.08. The van der Waals surface area contributed by atoms with Gasteiger partial charge in [0.15, 0.2) is 0 Å². The van der Waals surface area contributed by atoms with Gasteiger partial charge in [-0.05, 0) is 55.9 Å². The molecule has 1 N–H and O–H groups in total. The first-order valence-electron chi connectivity index (χ1n) is 6.73. The maximum Gasteiger partial charge on any atom is 0.140 e. The van der Waals surface area contributed by atoms with Crippen LogP contribution in [0.15, 0.2) is 18.3 Å². The molecule has 3 nitrogen and oxygen atoms in total. The highest BCUT2D eigenvalue weighted by Crippen LogP contribution is 2.37. The zero-order valence-corrected chi connectivity index (χ0v) is 11.1. The van der Waals surface area contributed by atoms with E-state index in [1.807, 2.05) is 13.1 Å². The molecule has 1 saturated heterocycles. The minimum atomic E-state index is 0.570. The second-order valence-corrected chi connectivity index (χ2v) is 5.29. The molecule has 1 aromatic heterocycles. The van der Waals surface area contributed by atoms with Crippen LogP contribution in [0.3, 0.4) is 0 Å². The second-order valence-electron chi connectivity index (χ2n) is 5.29. The zero-order chi connectivity index (χ0) is 12.5. The number of allylic oxidation sites excluding steroid dienone is 1. The Morgan fingerprint density at radius 2 is 2.33 bits per heavy atom. The minimum absolute atomic E-state index is 0.570. The molecule has 0 saturated carbocycles. The molecule has 2 aliphatic rings. The van der Waals surface area contributed by atoms with Crippen LogP contribution in [-0.4, -0.2) is 24.7 Å². The number of hydrogen-bond acceptors (Lipinski definition) is 3. The van der Waals surface area contributed by atoms with Crippen LogP contribution in [0.5, 0.6) is 5.75 Å². The molecule has 18 heavy (non-hydrogen) atoms. The van der Waals surface area contributed by atoms with Gasteiger partial charge in [0.05, 0.1) is 12.8 Å². The average Bonchev–Trinajstić information content (AvgIpc) is 2.83. The van der Waals surface area contributed by atoms with Crippen molar-refractivity contribution in [1.29, 1.82) is 0 Å². The van der Waals surface area contributed by atoms with Crippen LogP contribution in [0, 0.1) is 12.8 Å². The summed E-state index contributed by atoms with van der Waals surface area (Å²) in [5.74, 6) is 1.66. The van der Waals surface area contributed by atoms with Crippen molar-refractivity contribution in [1.82, 2.24) is 10.3 Å². The highest BCUT2D eigenvalue weighted by molar-refractivity contribution is 5.69. The third kappa shape index (κ3) is 2.03. The molecule has 0 amide bonds. The number of methoxy groups -OCH3 is 1. The highest BCUT2D eigenvalue weighted by atomic mass is 16.5. The minimum Gasteiger partial charge on any atom is -0.495 e. The fourth-order valence-corrected chi connectivity index (χ4v) is 3.08. The van der Waals surface area contributed by atoms with E-state index >= 15 is 0 Å². The Hall–Kier alpha value is -1.35. The normalized spacial score (nSPS) is 26.7. The van der Waals surface area contributed by atoms with E-state index < -0.39 is 0 Å². The van der Waals surface area contributed by atoms with Gasteiger partial charge in [0, 0.05) is 12.2 Å². The number of aryl methyl sites for hydroxylation is 1. The summed E-state index contributed by atoms with van der Waals surface area (Å²) in [4.78, 5) is 4.43. The molecule has 96 valence electrons. The van der Waals surface area contributed by atoms with E-state index in [2.05, 4.69) is 22.4 Å². The number of piperidine rings is 1. The molecule has 2 atom stereocenters. The molecule has 3 heteroatoms. The van der Waals surface area contributed by atoms with Gasteiger partial charge in [0.1, 0.15) is 5.75 Å². The summed E-state index contributed by atoms with van der Waals surface area (Å²) in [6.07, 6.45) is 8.17.